The van der Waals surface area contributed by atoms with Crippen molar-refractivity contribution in [3.05, 3.63) is 102 Å². The molecule has 0 aliphatic carbocycles. The Morgan fingerprint density at radius 2 is 1.21 bits per heavy atom. The SMILES string of the molecule is C1=C(c2ccccc2)C(c2ccccc2)=NNc2ccccc21.Cl. The van der Waals surface area contributed by atoms with Gasteiger partial charge in [0.05, 0.1) is 11.4 Å². The van der Waals surface area contributed by atoms with E-state index < -0.39 is 0 Å². The van der Waals surface area contributed by atoms with Gasteiger partial charge in [-0.2, -0.15) is 5.10 Å². The van der Waals surface area contributed by atoms with Gasteiger partial charge >= 0.3 is 0 Å². The lowest BCUT2D eigenvalue weighted by Gasteiger charge is -2.10. The first-order valence-electron chi connectivity index (χ1n) is 7.67. The van der Waals surface area contributed by atoms with E-state index in [0.717, 1.165) is 33.7 Å². The molecule has 0 unspecified atom stereocenters. The van der Waals surface area contributed by atoms with Crippen LogP contribution in [-0.2, 0) is 0 Å². The van der Waals surface area contributed by atoms with Gasteiger partial charge in [0.1, 0.15) is 0 Å². The van der Waals surface area contributed by atoms with E-state index >= 15 is 0 Å². The zero-order chi connectivity index (χ0) is 15.5. The number of benzene rings is 3. The number of hydrazone groups is 1. The van der Waals surface area contributed by atoms with Crippen molar-refractivity contribution in [3.63, 3.8) is 0 Å². The van der Waals surface area contributed by atoms with Gasteiger partial charge in [0.2, 0.25) is 0 Å². The molecule has 3 aromatic rings. The van der Waals surface area contributed by atoms with Gasteiger partial charge in [-0.25, -0.2) is 0 Å². The summed E-state index contributed by atoms with van der Waals surface area (Å²) < 4.78 is 0. The van der Waals surface area contributed by atoms with Crippen LogP contribution in [0.4, 0.5) is 5.69 Å². The lowest BCUT2D eigenvalue weighted by Crippen LogP contribution is -2.05. The highest BCUT2D eigenvalue weighted by Gasteiger charge is 2.16. The van der Waals surface area contributed by atoms with Gasteiger partial charge in [-0.15, -0.1) is 12.4 Å². The molecular formula is C21H17ClN2. The molecule has 118 valence electrons. The first-order valence-corrected chi connectivity index (χ1v) is 7.67. The fraction of sp³-hybridized carbons (Fsp3) is 0. The second-order valence-electron chi connectivity index (χ2n) is 5.45. The molecule has 1 aliphatic heterocycles. The van der Waals surface area contributed by atoms with E-state index in [1.807, 2.05) is 42.5 Å². The number of nitrogens with one attached hydrogen (secondary N) is 1. The van der Waals surface area contributed by atoms with Crippen molar-refractivity contribution in [2.24, 2.45) is 5.10 Å². The van der Waals surface area contributed by atoms with Gasteiger partial charge in [-0.05, 0) is 17.7 Å². The maximum absolute atomic E-state index is 4.69. The number of fused-ring (bicyclic) bond motifs is 1. The minimum absolute atomic E-state index is 0. The fourth-order valence-corrected chi connectivity index (χ4v) is 2.78. The lowest BCUT2D eigenvalue weighted by atomic mass is 9.94. The van der Waals surface area contributed by atoms with Crippen LogP contribution in [0.1, 0.15) is 16.7 Å². The molecule has 0 amide bonds. The molecule has 1 N–H and O–H groups in total. The van der Waals surface area contributed by atoms with Crippen LogP contribution >= 0.6 is 12.4 Å². The second-order valence-corrected chi connectivity index (χ2v) is 5.45. The number of rotatable bonds is 2. The summed E-state index contributed by atoms with van der Waals surface area (Å²) in [4.78, 5) is 0. The first kappa shape index (κ1) is 16.0. The van der Waals surface area contributed by atoms with Crippen molar-refractivity contribution >= 4 is 35.5 Å². The second kappa shape index (κ2) is 7.16. The minimum Gasteiger partial charge on any atom is -0.277 e. The van der Waals surface area contributed by atoms with Crippen LogP contribution in [0.2, 0.25) is 0 Å². The summed E-state index contributed by atoms with van der Waals surface area (Å²) in [6.45, 7) is 0. The number of nitrogens with zero attached hydrogens (tertiary/aromatic N) is 1. The smallest absolute Gasteiger partial charge is 0.0984 e. The normalized spacial score (nSPS) is 12.7. The molecule has 0 saturated carbocycles. The number of hydrogen-bond acceptors (Lipinski definition) is 2. The van der Waals surface area contributed by atoms with Crippen LogP contribution in [0.15, 0.2) is 90.0 Å². The Labute approximate surface area is 148 Å². The third kappa shape index (κ3) is 3.10. The predicted octanol–water partition coefficient (Wildman–Crippen LogP) is 5.48. The zero-order valence-corrected chi connectivity index (χ0v) is 13.8. The van der Waals surface area contributed by atoms with Gasteiger partial charge in [0.15, 0.2) is 0 Å². The number of para-hydroxylation sites is 1. The molecule has 1 aliphatic rings. The summed E-state index contributed by atoms with van der Waals surface area (Å²) >= 11 is 0. The number of allylic oxidation sites excluding steroid dienone is 1. The summed E-state index contributed by atoms with van der Waals surface area (Å²) in [5, 5.41) is 4.69. The van der Waals surface area contributed by atoms with Gasteiger partial charge in [0.25, 0.3) is 0 Å². The summed E-state index contributed by atoms with van der Waals surface area (Å²) in [7, 11) is 0. The maximum atomic E-state index is 4.69. The Morgan fingerprint density at radius 3 is 1.92 bits per heavy atom. The monoisotopic (exact) mass is 332 g/mol. The maximum Gasteiger partial charge on any atom is 0.0984 e. The molecule has 0 fully saturated rings. The van der Waals surface area contributed by atoms with Crippen molar-refractivity contribution in [2.75, 3.05) is 5.43 Å². The number of halogens is 1. The van der Waals surface area contributed by atoms with E-state index in [9.17, 15) is 0 Å². The van der Waals surface area contributed by atoms with E-state index in [1.54, 1.807) is 0 Å². The van der Waals surface area contributed by atoms with E-state index in [4.69, 9.17) is 5.10 Å². The number of anilines is 1. The molecular weight excluding hydrogens is 316 g/mol. The lowest BCUT2D eigenvalue weighted by molar-refractivity contribution is 1.34. The van der Waals surface area contributed by atoms with Gasteiger partial charge < -0.3 is 0 Å². The third-order valence-electron chi connectivity index (χ3n) is 3.94. The molecule has 4 rings (SSSR count). The van der Waals surface area contributed by atoms with Crippen LogP contribution < -0.4 is 5.43 Å². The molecule has 0 aromatic heterocycles. The molecule has 3 aromatic carbocycles. The highest BCUT2D eigenvalue weighted by atomic mass is 35.5. The Morgan fingerprint density at radius 1 is 0.625 bits per heavy atom. The molecule has 2 nitrogen and oxygen atoms in total. The quantitative estimate of drug-likeness (QED) is 0.660. The largest absolute Gasteiger partial charge is 0.277 e. The topological polar surface area (TPSA) is 24.4 Å². The predicted molar refractivity (Wildman–Crippen MR) is 105 cm³/mol. The van der Waals surface area contributed by atoms with Crippen LogP contribution in [-0.4, -0.2) is 5.71 Å². The highest BCUT2D eigenvalue weighted by Crippen LogP contribution is 2.29. The molecule has 0 bridgehead atoms. The molecule has 1 heterocycles. The average Bonchev–Trinajstić information content (AvgIpc) is 2.83. The zero-order valence-electron chi connectivity index (χ0n) is 13.0. The van der Waals surface area contributed by atoms with Gasteiger partial charge in [0, 0.05) is 16.7 Å². The van der Waals surface area contributed by atoms with Crippen LogP contribution in [0.25, 0.3) is 11.6 Å². The van der Waals surface area contributed by atoms with Crippen molar-refractivity contribution in [1.82, 2.24) is 0 Å². The minimum atomic E-state index is 0. The number of hydrogen-bond donors (Lipinski definition) is 1. The summed E-state index contributed by atoms with van der Waals surface area (Å²) in [6.07, 6.45) is 2.20. The average molecular weight is 333 g/mol. The first-order chi connectivity index (χ1) is 11.4. The van der Waals surface area contributed by atoms with Gasteiger partial charge in [-0.3, -0.25) is 5.43 Å². The van der Waals surface area contributed by atoms with Gasteiger partial charge in [-0.1, -0.05) is 78.9 Å². The Hall–Kier alpha value is -2.84. The van der Waals surface area contributed by atoms with Crippen molar-refractivity contribution in [1.29, 1.82) is 0 Å². The van der Waals surface area contributed by atoms with E-state index in [1.165, 1.54) is 0 Å². The summed E-state index contributed by atoms with van der Waals surface area (Å²) in [5.74, 6) is 0. The molecule has 24 heavy (non-hydrogen) atoms. The third-order valence-corrected chi connectivity index (χ3v) is 3.94. The Bertz CT molecular complexity index is 884. The van der Waals surface area contributed by atoms with E-state index in [-0.39, 0.29) is 12.4 Å². The van der Waals surface area contributed by atoms with Crippen molar-refractivity contribution in [2.45, 2.75) is 0 Å². The fourth-order valence-electron chi connectivity index (χ4n) is 2.78. The Kier molecular flexibility index (Phi) is 4.78. The van der Waals surface area contributed by atoms with Crippen molar-refractivity contribution in [3.8, 4) is 0 Å². The summed E-state index contributed by atoms with van der Waals surface area (Å²) in [6, 6.07) is 28.9. The highest BCUT2D eigenvalue weighted by molar-refractivity contribution is 6.35. The summed E-state index contributed by atoms with van der Waals surface area (Å²) in [5.41, 5.74) is 9.70. The molecule has 0 radical (unpaired) electrons. The van der Waals surface area contributed by atoms with Crippen molar-refractivity contribution < 1.29 is 0 Å². The standard InChI is InChI=1S/C21H16N2.ClH/c1-3-9-16(10-4-1)19-15-18-13-7-8-14-20(18)22-23-21(19)17-11-5-2-6-12-17;/h1-15,22H;1H. The molecule has 0 spiro atoms. The Balaban J connectivity index is 0.00000169. The molecule has 0 atom stereocenters. The van der Waals surface area contributed by atoms with Crippen LogP contribution in [0.3, 0.4) is 0 Å². The van der Waals surface area contributed by atoms with E-state index in [2.05, 4.69) is 54.0 Å². The van der Waals surface area contributed by atoms with Crippen LogP contribution in [0.5, 0.6) is 0 Å². The van der Waals surface area contributed by atoms with Crippen LogP contribution in [0, 0.1) is 0 Å². The molecule has 3 heteroatoms. The van der Waals surface area contributed by atoms with E-state index in [0.29, 0.717) is 0 Å². The molecule has 0 saturated heterocycles.